The Hall–Kier alpha value is 0.300. The van der Waals surface area contributed by atoms with Crippen molar-refractivity contribution in [1.29, 1.82) is 0 Å². The summed E-state index contributed by atoms with van der Waals surface area (Å²) in [7, 11) is 0. The Morgan fingerprint density at radius 1 is 1.86 bits per heavy atom. The minimum absolute atomic E-state index is 0.137. The number of ether oxygens (including phenoxy) is 1. The van der Waals surface area contributed by atoms with Gasteiger partial charge in [0.05, 0.1) is 6.61 Å². The zero-order valence-electron chi connectivity index (χ0n) is 3.33. The van der Waals surface area contributed by atoms with Crippen LogP contribution < -0.4 is 0 Å². The van der Waals surface area contributed by atoms with Crippen LogP contribution in [0, 0.1) is 0 Å². The average Bonchev–Trinajstić information content (AvgIpc) is 1.63. The van der Waals surface area contributed by atoms with Crippen LogP contribution in [0.3, 0.4) is 0 Å². The molecule has 0 bridgehead atoms. The molecule has 0 spiro atoms. The van der Waals surface area contributed by atoms with Crippen molar-refractivity contribution in [2.24, 2.45) is 0 Å². The molecular weight excluding hydrogens is 170 g/mol. The largest absolute Gasteiger partial charge is 0.332 e. The van der Waals surface area contributed by atoms with Gasteiger partial charge in [-0.05, 0) is 15.9 Å². The maximum absolute atomic E-state index is 11.9. The summed E-state index contributed by atoms with van der Waals surface area (Å²) in [5, 5.41) is 0. The van der Waals surface area contributed by atoms with E-state index in [0.29, 0.717) is 0 Å². The first-order valence-corrected chi connectivity index (χ1v) is 2.58. The normalized spacial score (nSPS) is 51.0. The zero-order valence-corrected chi connectivity index (χ0v) is 4.91. The topological polar surface area (TPSA) is 9.23 Å². The number of alkyl halides is 3. The lowest BCUT2D eigenvalue weighted by Gasteiger charge is -2.31. The van der Waals surface area contributed by atoms with Crippen molar-refractivity contribution in [3.05, 3.63) is 0 Å². The van der Waals surface area contributed by atoms with Crippen LogP contribution in [0.1, 0.15) is 0 Å². The fourth-order valence-corrected chi connectivity index (χ4v) is 0.537. The van der Waals surface area contributed by atoms with Gasteiger partial charge in [-0.2, -0.15) is 4.39 Å². The van der Waals surface area contributed by atoms with E-state index in [0.717, 1.165) is 0 Å². The highest BCUT2D eigenvalue weighted by atomic mass is 79.9. The molecule has 0 aromatic carbocycles. The molecular formula is C3H3BrF2O. The molecule has 42 valence electrons. The molecule has 1 rings (SSSR count). The molecule has 0 aromatic rings. The Balaban J connectivity index is 2.43. The summed E-state index contributed by atoms with van der Waals surface area (Å²) >= 11 is 2.37. The number of hydrogen-bond donors (Lipinski definition) is 0. The molecule has 1 saturated heterocycles. The molecule has 1 heterocycles. The molecule has 0 radical (unpaired) electrons. The Kier molecular flexibility index (Phi) is 1.08. The second-order valence-corrected chi connectivity index (χ2v) is 2.42. The number of hydrogen-bond acceptors (Lipinski definition) is 1. The quantitative estimate of drug-likeness (QED) is 0.502. The molecule has 4 heteroatoms. The van der Waals surface area contributed by atoms with Gasteiger partial charge in [-0.3, -0.25) is 0 Å². The Labute approximate surface area is 47.8 Å². The summed E-state index contributed by atoms with van der Waals surface area (Å²) in [5.41, 5.74) is 0. The third-order valence-electron chi connectivity index (χ3n) is 0.787. The van der Waals surface area contributed by atoms with Crippen LogP contribution in [0.4, 0.5) is 8.78 Å². The van der Waals surface area contributed by atoms with Crippen LogP contribution in [-0.4, -0.2) is 17.5 Å². The van der Waals surface area contributed by atoms with Gasteiger partial charge in [0.2, 0.25) is 0 Å². The SMILES string of the molecule is FC1COC1(F)Br. The monoisotopic (exact) mass is 172 g/mol. The smallest absolute Gasteiger partial charge is 0.299 e. The van der Waals surface area contributed by atoms with E-state index in [1.807, 2.05) is 0 Å². The molecule has 0 saturated carbocycles. The minimum Gasteiger partial charge on any atom is -0.332 e. The van der Waals surface area contributed by atoms with Crippen LogP contribution in [0.5, 0.6) is 0 Å². The molecule has 0 amide bonds. The highest BCUT2D eigenvalue weighted by Crippen LogP contribution is 2.36. The van der Waals surface area contributed by atoms with Gasteiger partial charge in [0, 0.05) is 0 Å². The van der Waals surface area contributed by atoms with E-state index in [1.165, 1.54) is 0 Å². The highest BCUT2D eigenvalue weighted by Gasteiger charge is 2.47. The van der Waals surface area contributed by atoms with E-state index < -0.39 is 10.9 Å². The number of rotatable bonds is 0. The molecule has 1 aliphatic rings. The molecule has 2 atom stereocenters. The molecule has 1 aliphatic heterocycles. The predicted octanol–water partition coefficient (Wildman–Crippen LogP) is 1.37. The number of halogens is 3. The Bertz CT molecular complexity index is 85.0. The van der Waals surface area contributed by atoms with Crippen molar-refractivity contribution < 1.29 is 13.5 Å². The van der Waals surface area contributed by atoms with Crippen molar-refractivity contribution in [2.45, 2.75) is 10.9 Å². The maximum atomic E-state index is 11.9. The van der Waals surface area contributed by atoms with Gasteiger partial charge in [-0.25, -0.2) is 4.39 Å². The minimum atomic E-state index is -2.17. The average molecular weight is 173 g/mol. The van der Waals surface area contributed by atoms with Crippen LogP contribution in [0.25, 0.3) is 0 Å². The summed E-state index contributed by atoms with van der Waals surface area (Å²) in [6.45, 7) is -0.137. The molecule has 7 heavy (non-hydrogen) atoms. The van der Waals surface area contributed by atoms with Crippen molar-refractivity contribution in [2.75, 3.05) is 6.61 Å². The highest BCUT2D eigenvalue weighted by molar-refractivity contribution is 9.10. The van der Waals surface area contributed by atoms with Crippen LogP contribution in [0.2, 0.25) is 0 Å². The standard InChI is InChI=1S/C3H3BrF2O/c4-3(6)2(5)1-7-3/h2H,1H2. The summed E-state index contributed by atoms with van der Waals surface area (Å²) in [6.07, 6.45) is -1.49. The summed E-state index contributed by atoms with van der Waals surface area (Å²) in [5.74, 6) is 0. The first-order chi connectivity index (χ1) is 3.13. The predicted molar refractivity (Wildman–Crippen MR) is 23.6 cm³/mol. The van der Waals surface area contributed by atoms with Gasteiger partial charge in [-0.15, -0.1) is 0 Å². The lowest BCUT2D eigenvalue weighted by atomic mass is 10.3. The lowest BCUT2D eigenvalue weighted by molar-refractivity contribution is -0.215. The van der Waals surface area contributed by atoms with E-state index in [9.17, 15) is 8.78 Å². The summed E-state index contributed by atoms with van der Waals surface area (Å²) < 4.78 is 25.6. The van der Waals surface area contributed by atoms with E-state index in [4.69, 9.17) is 0 Å². The van der Waals surface area contributed by atoms with Crippen LogP contribution in [0.15, 0.2) is 0 Å². The maximum Gasteiger partial charge on any atom is 0.299 e. The second kappa shape index (κ2) is 1.39. The first kappa shape index (κ1) is 5.44. The Morgan fingerprint density at radius 2 is 2.29 bits per heavy atom. The molecule has 2 unspecified atom stereocenters. The molecule has 0 aromatic heterocycles. The van der Waals surface area contributed by atoms with E-state index in [-0.39, 0.29) is 6.61 Å². The van der Waals surface area contributed by atoms with Crippen molar-refractivity contribution in [1.82, 2.24) is 0 Å². The lowest BCUT2D eigenvalue weighted by Crippen LogP contribution is -2.46. The van der Waals surface area contributed by atoms with E-state index in [2.05, 4.69) is 20.7 Å². The molecule has 1 fully saturated rings. The third kappa shape index (κ3) is 0.770. The molecule has 0 N–H and O–H groups in total. The summed E-state index contributed by atoms with van der Waals surface area (Å²) in [6, 6.07) is 0. The van der Waals surface area contributed by atoms with Gasteiger partial charge in [0.15, 0.2) is 6.17 Å². The van der Waals surface area contributed by atoms with E-state index in [1.54, 1.807) is 0 Å². The van der Waals surface area contributed by atoms with Gasteiger partial charge in [0.1, 0.15) is 0 Å². The zero-order chi connectivity index (χ0) is 5.49. The van der Waals surface area contributed by atoms with Crippen molar-refractivity contribution in [3.63, 3.8) is 0 Å². The molecule has 0 aliphatic carbocycles. The third-order valence-corrected chi connectivity index (χ3v) is 1.51. The summed E-state index contributed by atoms with van der Waals surface area (Å²) in [4.78, 5) is 0. The van der Waals surface area contributed by atoms with Crippen molar-refractivity contribution >= 4 is 15.9 Å². The Morgan fingerprint density at radius 3 is 2.29 bits per heavy atom. The van der Waals surface area contributed by atoms with Gasteiger partial charge in [0.25, 0.3) is 4.76 Å². The van der Waals surface area contributed by atoms with Gasteiger partial charge < -0.3 is 4.74 Å². The van der Waals surface area contributed by atoms with Gasteiger partial charge >= 0.3 is 0 Å². The van der Waals surface area contributed by atoms with Gasteiger partial charge in [-0.1, -0.05) is 0 Å². The molecule has 1 nitrogen and oxygen atoms in total. The fraction of sp³-hybridized carbons (Fsp3) is 1.00. The fourth-order valence-electron chi connectivity index (χ4n) is 0.272. The van der Waals surface area contributed by atoms with Crippen molar-refractivity contribution in [3.8, 4) is 0 Å². The van der Waals surface area contributed by atoms with Crippen LogP contribution >= 0.6 is 15.9 Å². The van der Waals surface area contributed by atoms with E-state index >= 15 is 0 Å². The first-order valence-electron chi connectivity index (χ1n) is 1.79. The second-order valence-electron chi connectivity index (χ2n) is 1.34. The van der Waals surface area contributed by atoms with Crippen LogP contribution in [-0.2, 0) is 4.74 Å².